The number of hydrogen-bond acceptors (Lipinski definition) is 5. The summed E-state index contributed by atoms with van der Waals surface area (Å²) in [7, 11) is 1.46. The summed E-state index contributed by atoms with van der Waals surface area (Å²) in [6.45, 7) is 0. The molecule has 6 heteroatoms. The van der Waals surface area contributed by atoms with E-state index >= 15 is 0 Å². The first-order valence-electron chi connectivity index (χ1n) is 6.72. The predicted molar refractivity (Wildman–Crippen MR) is 89.4 cm³/mol. The Kier molecular flexibility index (Phi) is 4.16. The fourth-order valence-corrected chi connectivity index (χ4v) is 2.33. The van der Waals surface area contributed by atoms with Crippen LogP contribution >= 0.6 is 15.9 Å². The van der Waals surface area contributed by atoms with E-state index in [2.05, 4.69) is 20.9 Å². The monoisotopic (exact) mass is 373 g/mol. The Morgan fingerprint density at radius 2 is 1.96 bits per heavy atom. The lowest BCUT2D eigenvalue weighted by Crippen LogP contribution is -2.05. The fraction of sp³-hybridized carbons (Fsp3) is 0.0588. The van der Waals surface area contributed by atoms with E-state index in [0.29, 0.717) is 16.9 Å². The number of nitrogens with zero attached hydrogens (tertiary/aromatic N) is 1. The average molecular weight is 374 g/mol. The summed E-state index contributed by atoms with van der Waals surface area (Å²) in [5, 5.41) is 9.59. The van der Waals surface area contributed by atoms with E-state index in [-0.39, 0.29) is 17.3 Å². The van der Waals surface area contributed by atoms with E-state index in [1.807, 2.05) is 24.3 Å². The number of ether oxygens (including phenoxy) is 2. The molecule has 1 heterocycles. The van der Waals surface area contributed by atoms with E-state index in [0.717, 1.165) is 4.47 Å². The molecule has 2 aromatic carbocycles. The third-order valence-electron chi connectivity index (χ3n) is 3.22. The Bertz CT molecular complexity index is 825. The molecule has 0 saturated heterocycles. The van der Waals surface area contributed by atoms with Gasteiger partial charge in [0, 0.05) is 10.0 Å². The third-order valence-corrected chi connectivity index (χ3v) is 3.75. The minimum Gasteiger partial charge on any atom is -0.504 e. The number of carbonyl (C=O) groups excluding carboxylic acids is 1. The van der Waals surface area contributed by atoms with Crippen molar-refractivity contribution in [3.8, 4) is 11.5 Å². The number of halogens is 1. The van der Waals surface area contributed by atoms with E-state index in [1.165, 1.54) is 13.2 Å². The Balaban J connectivity index is 1.93. The summed E-state index contributed by atoms with van der Waals surface area (Å²) in [5.74, 6) is 0.0972. The molecule has 0 spiro atoms. The van der Waals surface area contributed by atoms with Crippen LogP contribution in [0, 0.1) is 0 Å². The lowest BCUT2D eigenvalue weighted by atomic mass is 10.1. The molecule has 0 unspecified atom stereocenters. The summed E-state index contributed by atoms with van der Waals surface area (Å²) in [5.41, 5.74) is 1.58. The molecule has 0 radical (unpaired) electrons. The van der Waals surface area contributed by atoms with Crippen LogP contribution in [0.5, 0.6) is 11.5 Å². The second kappa shape index (κ2) is 6.26. The van der Waals surface area contributed by atoms with Crippen molar-refractivity contribution in [2.24, 2.45) is 4.99 Å². The Hall–Kier alpha value is -2.60. The zero-order valence-electron chi connectivity index (χ0n) is 12.1. The van der Waals surface area contributed by atoms with Gasteiger partial charge < -0.3 is 14.6 Å². The maximum absolute atomic E-state index is 12.0. The lowest BCUT2D eigenvalue weighted by molar-refractivity contribution is -0.129. The number of benzene rings is 2. The van der Waals surface area contributed by atoms with Crippen molar-refractivity contribution in [3.63, 3.8) is 0 Å². The van der Waals surface area contributed by atoms with Crippen LogP contribution in [0.25, 0.3) is 6.08 Å². The fourth-order valence-electron chi connectivity index (χ4n) is 2.07. The highest BCUT2D eigenvalue weighted by atomic mass is 79.9. The summed E-state index contributed by atoms with van der Waals surface area (Å²) < 4.78 is 11.2. The van der Waals surface area contributed by atoms with Crippen LogP contribution in [-0.4, -0.2) is 24.1 Å². The molecule has 5 nitrogen and oxygen atoms in total. The highest BCUT2D eigenvalue weighted by Gasteiger charge is 2.24. The number of rotatable bonds is 3. The zero-order chi connectivity index (χ0) is 16.4. The number of phenolic OH excluding ortho intramolecular Hbond substituents is 1. The molecule has 23 heavy (non-hydrogen) atoms. The largest absolute Gasteiger partial charge is 0.504 e. The van der Waals surface area contributed by atoms with Gasteiger partial charge in [0.1, 0.15) is 0 Å². The van der Waals surface area contributed by atoms with E-state index in [9.17, 15) is 9.90 Å². The van der Waals surface area contributed by atoms with Gasteiger partial charge in [0.2, 0.25) is 5.90 Å². The predicted octanol–water partition coefficient (Wildman–Crippen LogP) is 3.51. The smallest absolute Gasteiger partial charge is 0.363 e. The van der Waals surface area contributed by atoms with Crippen LogP contribution in [-0.2, 0) is 9.53 Å². The summed E-state index contributed by atoms with van der Waals surface area (Å²) in [4.78, 5) is 16.2. The highest BCUT2D eigenvalue weighted by molar-refractivity contribution is 9.10. The van der Waals surface area contributed by atoms with Gasteiger partial charge in [0.15, 0.2) is 17.2 Å². The Labute approximate surface area is 141 Å². The molecular formula is C17H12BrNO4. The Morgan fingerprint density at radius 1 is 1.22 bits per heavy atom. The molecular weight excluding hydrogens is 362 g/mol. The second-order valence-electron chi connectivity index (χ2n) is 4.77. The maximum atomic E-state index is 12.0. The van der Waals surface area contributed by atoms with Gasteiger partial charge in [0.25, 0.3) is 0 Å². The van der Waals surface area contributed by atoms with Crippen LogP contribution in [0.3, 0.4) is 0 Å². The molecule has 1 aliphatic rings. The van der Waals surface area contributed by atoms with Gasteiger partial charge in [-0.25, -0.2) is 9.79 Å². The highest BCUT2D eigenvalue weighted by Crippen LogP contribution is 2.28. The minimum atomic E-state index is -0.519. The number of aromatic hydroxyl groups is 1. The van der Waals surface area contributed by atoms with Gasteiger partial charge in [-0.2, -0.15) is 0 Å². The van der Waals surface area contributed by atoms with E-state index in [1.54, 1.807) is 18.2 Å². The minimum absolute atomic E-state index is 0.0303. The van der Waals surface area contributed by atoms with Crippen LogP contribution in [0.1, 0.15) is 11.1 Å². The molecule has 0 saturated carbocycles. The first-order valence-corrected chi connectivity index (χ1v) is 7.51. The topological polar surface area (TPSA) is 68.1 Å². The molecule has 0 bridgehead atoms. The van der Waals surface area contributed by atoms with E-state index < -0.39 is 5.97 Å². The van der Waals surface area contributed by atoms with Gasteiger partial charge in [-0.15, -0.1) is 0 Å². The van der Waals surface area contributed by atoms with Gasteiger partial charge in [0.05, 0.1) is 7.11 Å². The van der Waals surface area contributed by atoms with Crippen molar-refractivity contribution < 1.29 is 19.4 Å². The van der Waals surface area contributed by atoms with Crippen molar-refractivity contribution in [2.75, 3.05) is 7.11 Å². The van der Waals surface area contributed by atoms with Crippen molar-refractivity contribution in [3.05, 3.63) is 63.8 Å². The molecule has 116 valence electrons. The summed E-state index contributed by atoms with van der Waals surface area (Å²) in [6, 6.07) is 12.1. The number of phenols is 1. The number of cyclic esters (lactones) is 1. The SMILES string of the molecule is COc1cc(/C=C2/N=C(c3ccc(Br)cc3)OC2=O)ccc1O. The quantitative estimate of drug-likeness (QED) is 0.660. The number of aliphatic imine (C=N–C) groups is 1. The normalized spacial score (nSPS) is 15.5. The molecule has 0 fully saturated rings. The molecule has 1 N–H and O–H groups in total. The van der Waals surface area contributed by atoms with Crippen LogP contribution in [0.2, 0.25) is 0 Å². The lowest BCUT2D eigenvalue weighted by Gasteiger charge is -2.03. The summed E-state index contributed by atoms with van der Waals surface area (Å²) in [6.07, 6.45) is 1.58. The van der Waals surface area contributed by atoms with E-state index in [4.69, 9.17) is 9.47 Å². The molecule has 1 aliphatic heterocycles. The van der Waals surface area contributed by atoms with Gasteiger partial charge in [-0.1, -0.05) is 22.0 Å². The molecule has 2 aromatic rings. The second-order valence-corrected chi connectivity index (χ2v) is 5.69. The number of carbonyl (C=O) groups is 1. The summed E-state index contributed by atoms with van der Waals surface area (Å²) >= 11 is 3.35. The van der Waals surface area contributed by atoms with Gasteiger partial charge in [-0.05, 0) is 48.0 Å². The number of esters is 1. The maximum Gasteiger partial charge on any atom is 0.363 e. The van der Waals surface area contributed by atoms with Gasteiger partial charge >= 0.3 is 5.97 Å². The van der Waals surface area contributed by atoms with Crippen molar-refractivity contribution >= 4 is 33.9 Å². The Morgan fingerprint density at radius 3 is 2.65 bits per heavy atom. The standard InChI is InChI=1S/C17H12BrNO4/c1-22-15-9-10(2-7-14(15)20)8-13-17(21)23-16(19-13)11-3-5-12(18)6-4-11/h2-9,20H,1H3/b13-8+. The van der Waals surface area contributed by atoms with Crippen molar-refractivity contribution in [1.29, 1.82) is 0 Å². The van der Waals surface area contributed by atoms with Crippen LogP contribution in [0.15, 0.2) is 57.6 Å². The average Bonchev–Trinajstić information content (AvgIpc) is 2.91. The first-order chi connectivity index (χ1) is 11.1. The first kappa shape index (κ1) is 15.3. The molecule has 0 atom stereocenters. The number of methoxy groups -OCH3 is 1. The van der Waals surface area contributed by atoms with Crippen molar-refractivity contribution in [2.45, 2.75) is 0 Å². The number of hydrogen-bond donors (Lipinski definition) is 1. The zero-order valence-corrected chi connectivity index (χ0v) is 13.7. The molecule has 0 aliphatic carbocycles. The van der Waals surface area contributed by atoms with Crippen molar-refractivity contribution in [1.82, 2.24) is 0 Å². The van der Waals surface area contributed by atoms with Crippen LogP contribution < -0.4 is 4.74 Å². The third kappa shape index (κ3) is 3.27. The molecule has 3 rings (SSSR count). The van der Waals surface area contributed by atoms with Gasteiger partial charge in [-0.3, -0.25) is 0 Å². The van der Waals surface area contributed by atoms with Crippen LogP contribution in [0.4, 0.5) is 0 Å². The molecule has 0 amide bonds. The molecule has 0 aromatic heterocycles.